The summed E-state index contributed by atoms with van der Waals surface area (Å²) in [4.78, 5) is 4.53. The van der Waals surface area contributed by atoms with Crippen LogP contribution in [0.1, 0.15) is 11.3 Å². The van der Waals surface area contributed by atoms with Crippen LogP contribution >= 0.6 is 0 Å². The highest BCUT2D eigenvalue weighted by atomic mass is 15.3. The minimum Gasteiger partial charge on any atom is -0.399 e. The van der Waals surface area contributed by atoms with Gasteiger partial charge in [-0.2, -0.15) is 5.10 Å². The van der Waals surface area contributed by atoms with Crippen molar-refractivity contribution in [2.24, 2.45) is 0 Å². The first-order chi connectivity index (χ1) is 8.83. The molecule has 2 aromatic heterocycles. The number of hydrogen-bond acceptors (Lipinski definition) is 4. The minimum atomic E-state index is 0.749. The number of nitrogen functional groups attached to an aromatic ring is 1. The Balaban J connectivity index is 2.14. The molecule has 3 N–H and O–H groups in total. The van der Waals surface area contributed by atoms with Crippen LogP contribution in [0, 0.1) is 0 Å². The van der Waals surface area contributed by atoms with E-state index in [0.717, 1.165) is 41.7 Å². The Morgan fingerprint density at radius 1 is 1.33 bits per heavy atom. The van der Waals surface area contributed by atoms with Gasteiger partial charge in [0.25, 0.3) is 0 Å². The van der Waals surface area contributed by atoms with Crippen LogP contribution in [0.15, 0.2) is 24.4 Å². The standard InChI is InChI=1S/C13H13N5/c14-9-1-2-11-10(5-9)13-16-7-8-6-15-4-3-12(8)18(13)17-11/h1-2,5,7,15H,3-4,6,14H2. The van der Waals surface area contributed by atoms with E-state index in [9.17, 15) is 0 Å². The van der Waals surface area contributed by atoms with E-state index in [2.05, 4.69) is 15.4 Å². The summed E-state index contributed by atoms with van der Waals surface area (Å²) in [7, 11) is 0. The van der Waals surface area contributed by atoms with Crippen LogP contribution in [0.2, 0.25) is 0 Å². The molecule has 0 aliphatic carbocycles. The second kappa shape index (κ2) is 3.43. The molecular weight excluding hydrogens is 226 g/mol. The van der Waals surface area contributed by atoms with Crippen LogP contribution in [0.4, 0.5) is 5.69 Å². The smallest absolute Gasteiger partial charge is 0.163 e. The highest BCUT2D eigenvalue weighted by Gasteiger charge is 2.16. The lowest BCUT2D eigenvalue weighted by Crippen LogP contribution is -2.26. The topological polar surface area (TPSA) is 68.2 Å². The van der Waals surface area contributed by atoms with E-state index in [-0.39, 0.29) is 0 Å². The maximum Gasteiger partial charge on any atom is 0.163 e. The molecule has 5 heteroatoms. The normalized spacial score (nSPS) is 15.1. The van der Waals surface area contributed by atoms with Crippen molar-refractivity contribution < 1.29 is 0 Å². The van der Waals surface area contributed by atoms with Crippen molar-refractivity contribution in [3.05, 3.63) is 35.7 Å². The molecular formula is C13H13N5. The van der Waals surface area contributed by atoms with Gasteiger partial charge in [-0.05, 0) is 18.2 Å². The lowest BCUT2D eigenvalue weighted by molar-refractivity contribution is 0.611. The van der Waals surface area contributed by atoms with Crippen LogP contribution in [-0.2, 0) is 13.0 Å². The Kier molecular flexibility index (Phi) is 1.87. The van der Waals surface area contributed by atoms with E-state index in [4.69, 9.17) is 5.73 Å². The number of nitrogens with two attached hydrogens (primary N) is 1. The molecule has 18 heavy (non-hydrogen) atoms. The first-order valence-corrected chi connectivity index (χ1v) is 6.08. The third-order valence-electron chi connectivity index (χ3n) is 3.49. The minimum absolute atomic E-state index is 0.749. The van der Waals surface area contributed by atoms with Crippen molar-refractivity contribution in [1.29, 1.82) is 0 Å². The van der Waals surface area contributed by atoms with Gasteiger partial charge in [0.2, 0.25) is 0 Å². The Morgan fingerprint density at radius 3 is 3.22 bits per heavy atom. The summed E-state index contributed by atoms with van der Waals surface area (Å²) in [6, 6.07) is 5.77. The van der Waals surface area contributed by atoms with Gasteiger partial charge in [-0.3, -0.25) is 0 Å². The van der Waals surface area contributed by atoms with Crippen LogP contribution in [0.5, 0.6) is 0 Å². The Morgan fingerprint density at radius 2 is 2.28 bits per heavy atom. The van der Waals surface area contributed by atoms with E-state index in [1.807, 2.05) is 28.9 Å². The molecule has 1 aromatic carbocycles. The molecule has 0 spiro atoms. The highest BCUT2D eigenvalue weighted by Crippen LogP contribution is 2.23. The quantitative estimate of drug-likeness (QED) is 0.577. The van der Waals surface area contributed by atoms with Gasteiger partial charge in [-0.25, -0.2) is 9.50 Å². The van der Waals surface area contributed by atoms with Crippen molar-refractivity contribution in [2.75, 3.05) is 12.3 Å². The average molecular weight is 239 g/mol. The zero-order valence-electron chi connectivity index (χ0n) is 9.85. The number of anilines is 1. The monoisotopic (exact) mass is 239 g/mol. The maximum absolute atomic E-state index is 5.84. The third kappa shape index (κ3) is 1.25. The van der Waals surface area contributed by atoms with Gasteiger partial charge >= 0.3 is 0 Å². The van der Waals surface area contributed by atoms with Gasteiger partial charge < -0.3 is 11.1 Å². The third-order valence-corrected chi connectivity index (χ3v) is 3.49. The molecule has 0 fully saturated rings. The Labute approximate surface area is 104 Å². The lowest BCUT2D eigenvalue weighted by atomic mass is 10.1. The molecule has 0 bridgehead atoms. The second-order valence-electron chi connectivity index (χ2n) is 4.67. The molecule has 0 unspecified atom stereocenters. The summed E-state index contributed by atoms with van der Waals surface area (Å²) in [5.74, 6) is 0. The Bertz CT molecular complexity index is 759. The number of nitrogens with one attached hydrogen (secondary N) is 1. The summed E-state index contributed by atoms with van der Waals surface area (Å²) in [5, 5.41) is 9.01. The van der Waals surface area contributed by atoms with Crippen molar-refractivity contribution in [3.8, 4) is 0 Å². The summed E-state index contributed by atoms with van der Waals surface area (Å²) in [6.45, 7) is 1.86. The number of fused-ring (bicyclic) bond motifs is 5. The lowest BCUT2D eigenvalue weighted by Gasteiger charge is -2.16. The average Bonchev–Trinajstić information content (AvgIpc) is 2.77. The van der Waals surface area contributed by atoms with Gasteiger partial charge in [0.15, 0.2) is 5.65 Å². The van der Waals surface area contributed by atoms with Gasteiger partial charge in [0.1, 0.15) is 0 Å². The first-order valence-electron chi connectivity index (χ1n) is 6.08. The van der Waals surface area contributed by atoms with Crippen molar-refractivity contribution in [2.45, 2.75) is 13.0 Å². The van der Waals surface area contributed by atoms with Crippen molar-refractivity contribution in [1.82, 2.24) is 19.9 Å². The zero-order chi connectivity index (χ0) is 12.1. The number of nitrogens with zero attached hydrogens (tertiary/aromatic N) is 3. The predicted molar refractivity (Wildman–Crippen MR) is 70.3 cm³/mol. The van der Waals surface area contributed by atoms with E-state index in [0.29, 0.717) is 0 Å². The van der Waals surface area contributed by atoms with Crippen molar-refractivity contribution >= 4 is 22.2 Å². The first kappa shape index (κ1) is 9.85. The van der Waals surface area contributed by atoms with Crippen LogP contribution < -0.4 is 11.1 Å². The fourth-order valence-electron chi connectivity index (χ4n) is 2.60. The molecule has 0 saturated carbocycles. The SMILES string of the molecule is Nc1ccc2nn3c4c(cnc3c2c1)CNCC4. The summed E-state index contributed by atoms with van der Waals surface area (Å²) >= 11 is 0. The van der Waals surface area contributed by atoms with Gasteiger partial charge in [-0.15, -0.1) is 0 Å². The molecule has 4 rings (SSSR count). The Hall–Kier alpha value is -2.14. The van der Waals surface area contributed by atoms with E-state index >= 15 is 0 Å². The predicted octanol–water partition coefficient (Wildman–Crippen LogP) is 1.11. The fourth-order valence-corrected chi connectivity index (χ4v) is 2.60. The molecule has 1 aliphatic rings. The van der Waals surface area contributed by atoms with Gasteiger partial charge in [-0.1, -0.05) is 0 Å². The highest BCUT2D eigenvalue weighted by molar-refractivity contribution is 5.94. The van der Waals surface area contributed by atoms with E-state index in [1.54, 1.807) is 0 Å². The molecule has 0 saturated heterocycles. The molecule has 0 amide bonds. The van der Waals surface area contributed by atoms with Crippen LogP contribution in [-0.4, -0.2) is 21.1 Å². The molecule has 3 aromatic rings. The van der Waals surface area contributed by atoms with Crippen LogP contribution in [0.25, 0.3) is 16.6 Å². The molecule has 0 atom stereocenters. The molecule has 0 radical (unpaired) electrons. The zero-order valence-corrected chi connectivity index (χ0v) is 9.85. The molecule has 3 heterocycles. The summed E-state index contributed by atoms with van der Waals surface area (Å²) in [6.07, 6.45) is 2.93. The number of benzene rings is 1. The summed E-state index contributed by atoms with van der Waals surface area (Å²) < 4.78 is 1.97. The van der Waals surface area contributed by atoms with E-state index < -0.39 is 0 Å². The fraction of sp³-hybridized carbons (Fsp3) is 0.231. The molecule has 5 nitrogen and oxygen atoms in total. The number of hydrogen-bond donors (Lipinski definition) is 2. The largest absolute Gasteiger partial charge is 0.399 e. The van der Waals surface area contributed by atoms with Gasteiger partial charge in [0, 0.05) is 42.3 Å². The maximum atomic E-state index is 5.84. The summed E-state index contributed by atoms with van der Waals surface area (Å²) in [5.41, 5.74) is 10.9. The van der Waals surface area contributed by atoms with Gasteiger partial charge in [0.05, 0.1) is 11.2 Å². The number of aromatic nitrogens is 3. The molecule has 1 aliphatic heterocycles. The number of rotatable bonds is 0. The van der Waals surface area contributed by atoms with Crippen LogP contribution in [0.3, 0.4) is 0 Å². The van der Waals surface area contributed by atoms with Crippen molar-refractivity contribution in [3.63, 3.8) is 0 Å². The molecule has 90 valence electrons. The second-order valence-corrected chi connectivity index (χ2v) is 4.67. The van der Waals surface area contributed by atoms with E-state index in [1.165, 1.54) is 11.3 Å².